The van der Waals surface area contributed by atoms with Gasteiger partial charge in [-0.3, -0.25) is 4.99 Å². The third kappa shape index (κ3) is 2.76. The predicted molar refractivity (Wildman–Crippen MR) is 86.6 cm³/mol. The van der Waals surface area contributed by atoms with Gasteiger partial charge in [0.15, 0.2) is 0 Å². The Kier molecular flexibility index (Phi) is 4.79. The molecule has 2 aliphatic rings. The fraction of sp³-hybridized carbons (Fsp3) is 0.889. The summed E-state index contributed by atoms with van der Waals surface area (Å²) in [5, 5.41) is 0. The lowest BCUT2D eigenvalue weighted by molar-refractivity contribution is -0.144. The van der Waals surface area contributed by atoms with E-state index in [0.717, 1.165) is 31.6 Å². The smallest absolute Gasteiger partial charge is 0.330 e. The molecule has 3 atom stereocenters. The van der Waals surface area contributed by atoms with Gasteiger partial charge in [-0.1, -0.05) is 40.5 Å². The maximum Gasteiger partial charge on any atom is 0.330 e. The maximum atomic E-state index is 12.2. The molecule has 120 valence electrons. The molecule has 0 heterocycles. The molecular weight excluding hydrogens is 262 g/mol. The molecule has 0 saturated heterocycles. The van der Waals surface area contributed by atoms with Gasteiger partial charge in [0.1, 0.15) is 6.04 Å². The molecule has 0 N–H and O–H groups in total. The fourth-order valence-electron chi connectivity index (χ4n) is 4.18. The van der Waals surface area contributed by atoms with Crippen LogP contribution in [0.2, 0.25) is 0 Å². The van der Waals surface area contributed by atoms with Crippen LogP contribution in [-0.2, 0) is 9.53 Å². The van der Waals surface area contributed by atoms with Crippen LogP contribution in [0.25, 0.3) is 0 Å². The van der Waals surface area contributed by atoms with Crippen molar-refractivity contribution in [3.8, 4) is 0 Å². The summed E-state index contributed by atoms with van der Waals surface area (Å²) in [6.45, 7) is 11.6. The van der Waals surface area contributed by atoms with Crippen molar-refractivity contribution in [1.82, 2.24) is 0 Å². The Bertz CT molecular complexity index is 427. The number of rotatable bonds is 6. The fourth-order valence-corrected chi connectivity index (χ4v) is 4.18. The molecule has 2 fully saturated rings. The third-order valence-corrected chi connectivity index (χ3v) is 6.21. The van der Waals surface area contributed by atoms with Gasteiger partial charge in [-0.2, -0.15) is 0 Å². The lowest BCUT2D eigenvalue weighted by atomic mass is 9.70. The number of unbranched alkanes of at least 4 members (excludes halogenated alkanes) is 1. The number of nitrogens with zero attached hydrogens (tertiary/aromatic N) is 1. The van der Waals surface area contributed by atoms with E-state index < -0.39 is 0 Å². The molecule has 2 saturated carbocycles. The number of carbonyl (C=O) groups is 1. The lowest BCUT2D eigenvalue weighted by Crippen LogP contribution is -2.34. The van der Waals surface area contributed by atoms with Crippen molar-refractivity contribution >= 4 is 11.7 Å². The minimum absolute atomic E-state index is 0.136. The van der Waals surface area contributed by atoms with Crippen LogP contribution < -0.4 is 0 Å². The van der Waals surface area contributed by atoms with E-state index >= 15 is 0 Å². The molecule has 2 rings (SSSR count). The van der Waals surface area contributed by atoms with Crippen molar-refractivity contribution < 1.29 is 9.53 Å². The van der Waals surface area contributed by atoms with Gasteiger partial charge in [0.25, 0.3) is 0 Å². The maximum absolute atomic E-state index is 12.2. The van der Waals surface area contributed by atoms with Crippen LogP contribution in [0.1, 0.15) is 73.1 Å². The highest BCUT2D eigenvalue weighted by molar-refractivity contribution is 5.96. The van der Waals surface area contributed by atoms with E-state index in [1.54, 1.807) is 0 Å². The highest BCUT2D eigenvalue weighted by Gasteiger charge is 2.59. The second-order valence-corrected chi connectivity index (χ2v) is 7.48. The van der Waals surface area contributed by atoms with Gasteiger partial charge in [-0.05, 0) is 43.9 Å². The molecule has 0 aliphatic heterocycles. The van der Waals surface area contributed by atoms with Gasteiger partial charge < -0.3 is 4.74 Å². The summed E-state index contributed by atoms with van der Waals surface area (Å²) < 4.78 is 5.23. The first kappa shape index (κ1) is 16.5. The topological polar surface area (TPSA) is 38.7 Å². The van der Waals surface area contributed by atoms with Crippen molar-refractivity contribution in [2.75, 3.05) is 6.61 Å². The Labute approximate surface area is 129 Å². The second-order valence-electron chi connectivity index (χ2n) is 7.48. The first-order valence-corrected chi connectivity index (χ1v) is 8.60. The Balaban J connectivity index is 2.21. The van der Waals surface area contributed by atoms with Crippen molar-refractivity contribution in [3.05, 3.63) is 0 Å². The van der Waals surface area contributed by atoms with Crippen LogP contribution in [0, 0.1) is 16.7 Å². The summed E-state index contributed by atoms with van der Waals surface area (Å²) in [6.07, 6.45) is 6.54. The van der Waals surface area contributed by atoms with Crippen LogP contribution in [0.15, 0.2) is 4.99 Å². The van der Waals surface area contributed by atoms with E-state index in [-0.39, 0.29) is 17.4 Å². The summed E-state index contributed by atoms with van der Waals surface area (Å²) >= 11 is 0. The summed E-state index contributed by atoms with van der Waals surface area (Å²) in [6, 6.07) is -0.285. The van der Waals surface area contributed by atoms with E-state index in [1.807, 2.05) is 6.92 Å². The highest BCUT2D eigenvalue weighted by Crippen LogP contribution is 2.64. The van der Waals surface area contributed by atoms with Gasteiger partial charge in [-0.15, -0.1) is 0 Å². The van der Waals surface area contributed by atoms with E-state index in [4.69, 9.17) is 9.73 Å². The van der Waals surface area contributed by atoms with E-state index in [2.05, 4.69) is 27.7 Å². The van der Waals surface area contributed by atoms with Crippen LogP contribution >= 0.6 is 0 Å². The molecular formula is C18H31NO2. The molecule has 0 aromatic carbocycles. The number of hydrogen-bond acceptors (Lipinski definition) is 3. The molecule has 0 radical (unpaired) electrons. The van der Waals surface area contributed by atoms with Crippen LogP contribution in [0.5, 0.6) is 0 Å². The number of ether oxygens (including phenoxy) is 1. The number of carbonyl (C=O) groups excluding carboxylic acids is 1. The average Bonchev–Trinajstić information content (AvgIpc) is 2.76. The molecule has 2 aliphatic carbocycles. The Morgan fingerprint density at radius 2 is 2.10 bits per heavy atom. The van der Waals surface area contributed by atoms with E-state index in [9.17, 15) is 4.79 Å². The molecule has 2 bridgehead atoms. The minimum atomic E-state index is -0.285. The largest absolute Gasteiger partial charge is 0.464 e. The van der Waals surface area contributed by atoms with Crippen molar-refractivity contribution in [2.45, 2.75) is 79.2 Å². The lowest BCUT2D eigenvalue weighted by Gasteiger charge is -2.35. The van der Waals surface area contributed by atoms with Crippen LogP contribution in [-0.4, -0.2) is 24.3 Å². The van der Waals surface area contributed by atoms with Gasteiger partial charge >= 0.3 is 5.97 Å². The zero-order chi connectivity index (χ0) is 15.7. The van der Waals surface area contributed by atoms with E-state index in [0.29, 0.717) is 12.0 Å². The molecule has 0 aromatic rings. The minimum Gasteiger partial charge on any atom is -0.464 e. The standard InChI is InChI=1S/C18H31NO2/c1-6-8-9-14(16(20)21-7-2)19-15-12-13-10-11-18(15,5)17(13,3)4/h13-14H,6-12H2,1-5H3/t13-,14+,18+/m1/s1. The highest BCUT2D eigenvalue weighted by atomic mass is 16.5. The van der Waals surface area contributed by atoms with Crippen molar-refractivity contribution in [2.24, 2.45) is 21.7 Å². The number of fused-ring (bicyclic) bond motifs is 2. The summed E-state index contributed by atoms with van der Waals surface area (Å²) in [5.41, 5.74) is 1.77. The quantitative estimate of drug-likeness (QED) is 0.681. The van der Waals surface area contributed by atoms with Gasteiger partial charge in [0.05, 0.1) is 6.61 Å². The Morgan fingerprint density at radius 3 is 2.57 bits per heavy atom. The molecule has 0 aromatic heterocycles. The Morgan fingerprint density at radius 1 is 1.38 bits per heavy atom. The molecule has 0 spiro atoms. The first-order chi connectivity index (χ1) is 9.86. The summed E-state index contributed by atoms with van der Waals surface area (Å²) in [4.78, 5) is 17.1. The monoisotopic (exact) mass is 293 g/mol. The SMILES string of the molecule is CCCC[C@H](N=C1C[C@H]2CC[C@]1(C)C2(C)C)C(=O)OCC. The Hall–Kier alpha value is -0.860. The molecule has 3 nitrogen and oxygen atoms in total. The van der Waals surface area contributed by atoms with Crippen molar-refractivity contribution in [1.29, 1.82) is 0 Å². The second kappa shape index (κ2) is 6.10. The zero-order valence-electron chi connectivity index (χ0n) is 14.4. The first-order valence-electron chi connectivity index (χ1n) is 8.60. The third-order valence-electron chi connectivity index (χ3n) is 6.21. The van der Waals surface area contributed by atoms with Crippen molar-refractivity contribution in [3.63, 3.8) is 0 Å². The number of esters is 1. The predicted octanol–water partition coefficient (Wildman–Crippen LogP) is 4.40. The van der Waals surface area contributed by atoms with Gasteiger partial charge in [-0.25, -0.2) is 4.79 Å². The molecule has 0 unspecified atom stereocenters. The van der Waals surface area contributed by atoms with E-state index in [1.165, 1.54) is 18.6 Å². The van der Waals surface area contributed by atoms with Gasteiger partial charge in [0.2, 0.25) is 0 Å². The molecule has 3 heteroatoms. The average molecular weight is 293 g/mol. The van der Waals surface area contributed by atoms with Gasteiger partial charge in [0, 0.05) is 11.1 Å². The normalized spacial score (nSPS) is 33.4. The molecule has 21 heavy (non-hydrogen) atoms. The summed E-state index contributed by atoms with van der Waals surface area (Å²) in [5.74, 6) is 0.595. The number of hydrogen-bond donors (Lipinski definition) is 0. The van der Waals surface area contributed by atoms with Crippen LogP contribution in [0.3, 0.4) is 0 Å². The zero-order valence-corrected chi connectivity index (χ0v) is 14.4. The van der Waals surface area contributed by atoms with Crippen LogP contribution in [0.4, 0.5) is 0 Å². The summed E-state index contributed by atoms with van der Waals surface area (Å²) in [7, 11) is 0. The number of aliphatic imine (C=N–C) groups is 1. The molecule has 0 amide bonds.